The molecule has 1 fully saturated rings. The molecule has 182 valence electrons. The van der Waals surface area contributed by atoms with E-state index in [1.807, 2.05) is 42.5 Å². The van der Waals surface area contributed by atoms with Crippen molar-refractivity contribution in [1.29, 1.82) is 0 Å². The highest BCUT2D eigenvalue weighted by molar-refractivity contribution is 5.94. The van der Waals surface area contributed by atoms with E-state index in [9.17, 15) is 4.79 Å². The molecular weight excluding hydrogens is 426 g/mol. The third-order valence-corrected chi connectivity index (χ3v) is 6.44. The lowest BCUT2D eigenvalue weighted by Crippen LogP contribution is -2.44. The van der Waals surface area contributed by atoms with Crippen molar-refractivity contribution in [2.45, 2.75) is 46.2 Å². The molecule has 3 aromatic rings. The number of amides is 1. The summed E-state index contributed by atoms with van der Waals surface area (Å²) >= 11 is 0. The highest BCUT2D eigenvalue weighted by Crippen LogP contribution is 2.31. The van der Waals surface area contributed by atoms with Crippen molar-refractivity contribution >= 4 is 22.6 Å². The number of para-hydroxylation sites is 1. The van der Waals surface area contributed by atoms with Crippen molar-refractivity contribution in [2.75, 3.05) is 45.2 Å². The number of carbonyl (C=O) groups is 1. The number of aromatic nitrogens is 2. The number of carbonyl (C=O) groups excluding carboxylic acids is 1. The van der Waals surface area contributed by atoms with Gasteiger partial charge in [0.15, 0.2) is 6.61 Å². The number of hydrogen-bond acceptors (Lipinski definition) is 5. The highest BCUT2D eigenvalue weighted by Gasteiger charge is 2.20. The lowest BCUT2D eigenvalue weighted by atomic mass is 9.86. The number of rotatable bonds is 7. The normalized spacial score (nSPS) is 15.6. The average Bonchev–Trinajstić information content (AvgIpc) is 3.15. The number of nitrogens with one attached hydrogen (secondary N) is 1. The maximum Gasteiger partial charge on any atom is 0.262 e. The summed E-state index contributed by atoms with van der Waals surface area (Å²) in [4.78, 5) is 22.4. The molecule has 7 heteroatoms. The molecule has 7 nitrogen and oxygen atoms in total. The van der Waals surface area contributed by atoms with E-state index in [2.05, 4.69) is 54.4 Å². The molecular formula is C27H37N5O2. The van der Waals surface area contributed by atoms with Crippen LogP contribution in [0.1, 0.15) is 39.1 Å². The first kappa shape index (κ1) is 24.2. The molecule has 1 aliphatic rings. The van der Waals surface area contributed by atoms with E-state index in [4.69, 9.17) is 9.72 Å². The first-order chi connectivity index (χ1) is 16.2. The molecule has 0 unspecified atom stereocenters. The van der Waals surface area contributed by atoms with Gasteiger partial charge in [0.05, 0.1) is 17.6 Å². The lowest BCUT2D eigenvalue weighted by Gasteiger charge is -2.32. The number of fused-ring (bicyclic) bond motifs is 1. The minimum absolute atomic E-state index is 0.0385. The van der Waals surface area contributed by atoms with E-state index < -0.39 is 0 Å². The first-order valence-corrected chi connectivity index (χ1v) is 12.2. The fourth-order valence-corrected chi connectivity index (χ4v) is 4.49. The van der Waals surface area contributed by atoms with Gasteiger partial charge in [0.25, 0.3) is 5.91 Å². The van der Waals surface area contributed by atoms with E-state index in [1.165, 1.54) is 0 Å². The highest BCUT2D eigenvalue weighted by atomic mass is 16.5. The van der Waals surface area contributed by atoms with Gasteiger partial charge in [-0.05, 0) is 49.2 Å². The molecule has 1 amide bonds. The number of piperazine rings is 1. The zero-order chi connectivity index (χ0) is 24.3. The summed E-state index contributed by atoms with van der Waals surface area (Å²) in [5, 5.41) is 2.97. The summed E-state index contributed by atoms with van der Waals surface area (Å²) in [6.45, 7) is 14.5. The third kappa shape index (κ3) is 5.59. The van der Waals surface area contributed by atoms with Crippen molar-refractivity contribution in [3.8, 4) is 5.75 Å². The van der Waals surface area contributed by atoms with Crippen LogP contribution in [-0.2, 0) is 23.3 Å². The smallest absolute Gasteiger partial charge is 0.262 e. The Hall–Kier alpha value is -2.90. The van der Waals surface area contributed by atoms with Crippen molar-refractivity contribution in [3.63, 3.8) is 0 Å². The average molecular weight is 464 g/mol. The first-order valence-electron chi connectivity index (χ1n) is 12.2. The lowest BCUT2D eigenvalue weighted by molar-refractivity contribution is -0.118. The minimum atomic E-state index is -0.185. The van der Waals surface area contributed by atoms with Crippen LogP contribution in [0.4, 0.5) is 5.69 Å². The van der Waals surface area contributed by atoms with E-state index in [1.54, 1.807) is 0 Å². The van der Waals surface area contributed by atoms with Crippen LogP contribution in [-0.4, -0.2) is 65.1 Å². The zero-order valence-corrected chi connectivity index (χ0v) is 21.1. The quantitative estimate of drug-likeness (QED) is 0.571. The number of hydrogen-bond donors (Lipinski definition) is 1. The van der Waals surface area contributed by atoms with Gasteiger partial charge >= 0.3 is 0 Å². The number of likely N-dealkylation sites (N-methyl/N-ethyl adjacent to an activating group) is 1. The van der Waals surface area contributed by atoms with Crippen LogP contribution in [0.5, 0.6) is 5.75 Å². The largest absolute Gasteiger partial charge is 0.483 e. The summed E-state index contributed by atoms with van der Waals surface area (Å²) in [5.74, 6) is 1.64. The van der Waals surface area contributed by atoms with Crippen LogP contribution < -0.4 is 10.1 Å². The molecule has 4 rings (SSSR count). The van der Waals surface area contributed by atoms with Crippen LogP contribution in [0.3, 0.4) is 0 Å². The molecule has 2 heterocycles. The van der Waals surface area contributed by atoms with Gasteiger partial charge in [-0.2, -0.15) is 0 Å². The Morgan fingerprint density at radius 3 is 2.53 bits per heavy atom. The minimum Gasteiger partial charge on any atom is -0.483 e. The van der Waals surface area contributed by atoms with Gasteiger partial charge in [-0.15, -0.1) is 0 Å². The Morgan fingerprint density at radius 1 is 1.09 bits per heavy atom. The SMILES string of the molecule is CCn1c(CN2CCN(C)CC2)nc2cc(NC(=O)COc3ccccc3C(C)(C)C)ccc21. The number of nitrogens with zero attached hydrogens (tertiary/aromatic N) is 4. The molecule has 0 saturated carbocycles. The second kappa shape index (κ2) is 10.2. The van der Waals surface area contributed by atoms with E-state index in [-0.39, 0.29) is 17.9 Å². The molecule has 1 aromatic heterocycles. The summed E-state index contributed by atoms with van der Waals surface area (Å²) in [5.41, 5.74) is 3.76. The van der Waals surface area contributed by atoms with E-state index in [0.29, 0.717) is 0 Å². The van der Waals surface area contributed by atoms with Crippen LogP contribution in [0.25, 0.3) is 11.0 Å². The van der Waals surface area contributed by atoms with Crippen LogP contribution in [0, 0.1) is 0 Å². The standard InChI is InChI=1S/C27H37N5O2/c1-6-32-23-12-11-20(17-22(23)29-25(32)18-31-15-13-30(5)14-16-31)28-26(33)19-34-24-10-8-7-9-21(24)27(2,3)4/h7-12,17H,6,13-16,18-19H2,1-5H3,(H,28,33). The van der Waals surface area contributed by atoms with E-state index in [0.717, 1.165) is 73.1 Å². The second-order valence-electron chi connectivity index (χ2n) is 10.1. The second-order valence-corrected chi connectivity index (χ2v) is 10.1. The number of ether oxygens (including phenoxy) is 1. The van der Waals surface area contributed by atoms with Crippen molar-refractivity contribution in [1.82, 2.24) is 19.4 Å². The molecule has 0 atom stereocenters. The van der Waals surface area contributed by atoms with Gasteiger partial charge in [0, 0.05) is 38.4 Å². The summed E-state index contributed by atoms with van der Waals surface area (Å²) in [6.07, 6.45) is 0. The predicted octanol–water partition coefficient (Wildman–Crippen LogP) is 4.12. The maximum atomic E-state index is 12.6. The summed E-state index contributed by atoms with van der Waals surface area (Å²) < 4.78 is 8.15. The number of aryl methyl sites for hydroxylation is 1. The van der Waals surface area contributed by atoms with Crippen LogP contribution in [0.15, 0.2) is 42.5 Å². The monoisotopic (exact) mass is 463 g/mol. The van der Waals surface area contributed by atoms with Crippen LogP contribution >= 0.6 is 0 Å². The van der Waals surface area contributed by atoms with Gasteiger partial charge in [-0.25, -0.2) is 4.98 Å². The Kier molecular flexibility index (Phi) is 7.24. The fourth-order valence-electron chi connectivity index (χ4n) is 4.49. The number of benzene rings is 2. The Balaban J connectivity index is 1.43. The fraction of sp³-hybridized carbons (Fsp3) is 0.481. The molecule has 0 bridgehead atoms. The van der Waals surface area contributed by atoms with Crippen molar-refractivity contribution < 1.29 is 9.53 Å². The maximum absolute atomic E-state index is 12.6. The third-order valence-electron chi connectivity index (χ3n) is 6.44. The van der Waals surface area contributed by atoms with Gasteiger partial charge in [0.2, 0.25) is 0 Å². The zero-order valence-electron chi connectivity index (χ0n) is 21.1. The molecule has 1 N–H and O–H groups in total. The molecule has 0 spiro atoms. The van der Waals surface area contributed by atoms with Gasteiger partial charge < -0.3 is 19.5 Å². The molecule has 1 aliphatic heterocycles. The molecule has 34 heavy (non-hydrogen) atoms. The molecule has 2 aromatic carbocycles. The van der Waals surface area contributed by atoms with Gasteiger partial charge in [-0.1, -0.05) is 39.0 Å². The van der Waals surface area contributed by atoms with Crippen molar-refractivity contribution in [2.24, 2.45) is 0 Å². The van der Waals surface area contributed by atoms with Crippen LogP contribution in [0.2, 0.25) is 0 Å². The Bertz CT molecular complexity index is 1140. The summed E-state index contributed by atoms with van der Waals surface area (Å²) in [6, 6.07) is 13.8. The Labute approximate surface area is 202 Å². The van der Waals surface area contributed by atoms with Gasteiger partial charge in [-0.3, -0.25) is 9.69 Å². The molecule has 1 saturated heterocycles. The predicted molar refractivity (Wildman–Crippen MR) is 137 cm³/mol. The van der Waals surface area contributed by atoms with E-state index >= 15 is 0 Å². The topological polar surface area (TPSA) is 62.6 Å². The molecule has 0 radical (unpaired) electrons. The number of imidazole rings is 1. The summed E-state index contributed by atoms with van der Waals surface area (Å²) in [7, 11) is 2.17. The molecule has 0 aliphatic carbocycles. The van der Waals surface area contributed by atoms with Crippen molar-refractivity contribution in [3.05, 3.63) is 53.9 Å². The number of anilines is 1. The Morgan fingerprint density at radius 2 is 1.82 bits per heavy atom. The van der Waals surface area contributed by atoms with Gasteiger partial charge in [0.1, 0.15) is 11.6 Å².